The molecule has 0 saturated carbocycles. The van der Waals surface area contributed by atoms with Crippen molar-refractivity contribution in [2.45, 2.75) is 6.42 Å². The van der Waals surface area contributed by atoms with Crippen LogP contribution in [0.15, 0.2) is 69.8 Å². The molecular formula is C18H13BrOS. The maximum atomic E-state index is 12.3. The molecule has 0 N–H and O–H groups in total. The minimum absolute atomic E-state index is 0.0724. The highest BCUT2D eigenvalue weighted by Gasteiger charge is 2.10. The van der Waals surface area contributed by atoms with Crippen molar-refractivity contribution in [3.63, 3.8) is 0 Å². The summed E-state index contributed by atoms with van der Waals surface area (Å²) in [5, 5.41) is 1.88. The van der Waals surface area contributed by atoms with Gasteiger partial charge in [0.05, 0.1) is 3.79 Å². The zero-order chi connectivity index (χ0) is 14.7. The molecule has 104 valence electrons. The number of carbonyl (C=O) groups excluding carboxylic acids is 1. The summed E-state index contributed by atoms with van der Waals surface area (Å²) >= 11 is 4.92. The van der Waals surface area contributed by atoms with E-state index in [-0.39, 0.29) is 5.78 Å². The third-order valence-electron chi connectivity index (χ3n) is 3.30. The zero-order valence-corrected chi connectivity index (χ0v) is 13.7. The van der Waals surface area contributed by atoms with E-state index in [4.69, 9.17) is 0 Å². The second-order valence-electron chi connectivity index (χ2n) is 4.83. The lowest BCUT2D eigenvalue weighted by atomic mass is 10.0. The second kappa shape index (κ2) is 6.37. The Morgan fingerprint density at radius 1 is 0.905 bits per heavy atom. The van der Waals surface area contributed by atoms with Crippen LogP contribution in [0.2, 0.25) is 0 Å². The summed E-state index contributed by atoms with van der Waals surface area (Å²) in [5.41, 5.74) is 3.96. The number of ketones is 1. The molecule has 3 rings (SSSR count). The summed E-state index contributed by atoms with van der Waals surface area (Å²) in [6.45, 7) is 0. The van der Waals surface area contributed by atoms with Gasteiger partial charge in [0.25, 0.3) is 0 Å². The molecule has 1 nitrogen and oxygen atoms in total. The van der Waals surface area contributed by atoms with Gasteiger partial charge in [0.2, 0.25) is 0 Å². The van der Waals surface area contributed by atoms with Crippen molar-refractivity contribution in [3.05, 3.63) is 92.1 Å². The van der Waals surface area contributed by atoms with Crippen molar-refractivity contribution in [1.29, 1.82) is 0 Å². The van der Waals surface area contributed by atoms with Crippen molar-refractivity contribution >= 4 is 33.0 Å². The van der Waals surface area contributed by atoms with E-state index < -0.39 is 0 Å². The Labute approximate surface area is 136 Å². The van der Waals surface area contributed by atoms with Crippen molar-refractivity contribution < 1.29 is 4.79 Å². The van der Waals surface area contributed by atoms with Gasteiger partial charge < -0.3 is 0 Å². The molecule has 2 aromatic carbocycles. The molecule has 0 radical (unpaired) electrons. The van der Waals surface area contributed by atoms with Gasteiger partial charge in [-0.15, -0.1) is 11.3 Å². The Morgan fingerprint density at radius 3 is 2.19 bits per heavy atom. The average molecular weight is 357 g/mol. The van der Waals surface area contributed by atoms with Crippen LogP contribution in [-0.4, -0.2) is 5.78 Å². The molecule has 0 saturated heterocycles. The summed E-state index contributed by atoms with van der Waals surface area (Å²) in [6.07, 6.45) is 0.888. The molecule has 0 aliphatic heterocycles. The van der Waals surface area contributed by atoms with E-state index in [9.17, 15) is 4.79 Å². The highest BCUT2D eigenvalue weighted by atomic mass is 79.9. The Hall–Kier alpha value is -1.71. The number of hydrogen-bond donors (Lipinski definition) is 0. The minimum Gasteiger partial charge on any atom is -0.289 e. The Morgan fingerprint density at radius 2 is 1.57 bits per heavy atom. The standard InChI is InChI=1S/C18H13BrOS/c19-17-11-16(12-21-17)18(20)15-8-6-14(7-9-15)10-13-4-2-1-3-5-13/h1-9,11-12H,10H2. The summed E-state index contributed by atoms with van der Waals surface area (Å²) in [5.74, 6) is 0.0724. The lowest BCUT2D eigenvalue weighted by molar-refractivity contribution is 0.103. The van der Waals surface area contributed by atoms with Crippen LogP contribution >= 0.6 is 27.3 Å². The van der Waals surface area contributed by atoms with Crippen LogP contribution in [0.1, 0.15) is 27.0 Å². The number of benzene rings is 2. The van der Waals surface area contributed by atoms with Gasteiger partial charge in [-0.1, -0.05) is 54.6 Å². The first-order valence-electron chi connectivity index (χ1n) is 6.64. The summed E-state index contributed by atoms with van der Waals surface area (Å²) in [7, 11) is 0. The van der Waals surface area contributed by atoms with Gasteiger partial charge in [0.1, 0.15) is 0 Å². The molecule has 3 heteroatoms. The van der Waals surface area contributed by atoms with E-state index in [2.05, 4.69) is 28.1 Å². The second-order valence-corrected chi connectivity index (χ2v) is 7.12. The van der Waals surface area contributed by atoms with Crippen LogP contribution in [0.25, 0.3) is 0 Å². The fourth-order valence-electron chi connectivity index (χ4n) is 2.20. The third kappa shape index (κ3) is 3.49. The highest BCUT2D eigenvalue weighted by molar-refractivity contribution is 9.11. The van der Waals surface area contributed by atoms with Crippen LogP contribution in [0.3, 0.4) is 0 Å². The lowest BCUT2D eigenvalue weighted by Crippen LogP contribution is -1.99. The van der Waals surface area contributed by atoms with Crippen LogP contribution in [0.4, 0.5) is 0 Å². The zero-order valence-electron chi connectivity index (χ0n) is 11.3. The Kier molecular flexibility index (Phi) is 4.32. The van der Waals surface area contributed by atoms with Gasteiger partial charge in [-0.2, -0.15) is 0 Å². The predicted molar refractivity (Wildman–Crippen MR) is 91.1 cm³/mol. The number of rotatable bonds is 4. The molecule has 0 aliphatic carbocycles. The third-order valence-corrected chi connectivity index (χ3v) is 4.80. The minimum atomic E-state index is 0.0724. The van der Waals surface area contributed by atoms with Gasteiger partial charge in [-0.05, 0) is 39.5 Å². The van der Waals surface area contributed by atoms with Crippen LogP contribution in [0.5, 0.6) is 0 Å². The molecule has 1 heterocycles. The van der Waals surface area contributed by atoms with E-state index >= 15 is 0 Å². The molecule has 0 spiro atoms. The molecule has 21 heavy (non-hydrogen) atoms. The number of carbonyl (C=O) groups is 1. The topological polar surface area (TPSA) is 17.1 Å². The van der Waals surface area contributed by atoms with Crippen LogP contribution in [0, 0.1) is 0 Å². The Balaban J connectivity index is 1.76. The van der Waals surface area contributed by atoms with Crippen LogP contribution < -0.4 is 0 Å². The summed E-state index contributed by atoms with van der Waals surface area (Å²) < 4.78 is 0.978. The molecule has 0 amide bonds. The van der Waals surface area contributed by atoms with Gasteiger partial charge in [0, 0.05) is 16.5 Å². The van der Waals surface area contributed by atoms with E-state index in [0.29, 0.717) is 0 Å². The monoisotopic (exact) mass is 356 g/mol. The average Bonchev–Trinajstić information content (AvgIpc) is 2.95. The van der Waals surface area contributed by atoms with E-state index in [0.717, 1.165) is 21.3 Å². The first-order chi connectivity index (χ1) is 10.2. The van der Waals surface area contributed by atoms with Crippen LogP contribution in [-0.2, 0) is 6.42 Å². The molecular weight excluding hydrogens is 344 g/mol. The van der Waals surface area contributed by atoms with Gasteiger partial charge >= 0.3 is 0 Å². The molecule has 0 unspecified atom stereocenters. The summed E-state index contributed by atoms with van der Waals surface area (Å²) in [4.78, 5) is 12.3. The van der Waals surface area contributed by atoms with Crippen molar-refractivity contribution in [1.82, 2.24) is 0 Å². The number of hydrogen-bond acceptors (Lipinski definition) is 2. The summed E-state index contributed by atoms with van der Waals surface area (Å²) in [6, 6.07) is 20.1. The number of halogens is 1. The fraction of sp³-hybridized carbons (Fsp3) is 0.0556. The maximum Gasteiger partial charge on any atom is 0.193 e. The smallest absolute Gasteiger partial charge is 0.193 e. The highest BCUT2D eigenvalue weighted by Crippen LogP contribution is 2.23. The molecule has 3 aromatic rings. The van der Waals surface area contributed by atoms with Crippen molar-refractivity contribution in [3.8, 4) is 0 Å². The lowest BCUT2D eigenvalue weighted by Gasteiger charge is -2.03. The van der Waals surface area contributed by atoms with Gasteiger partial charge in [-0.25, -0.2) is 0 Å². The molecule has 0 bridgehead atoms. The van der Waals surface area contributed by atoms with Gasteiger partial charge in [-0.3, -0.25) is 4.79 Å². The predicted octanol–water partition coefficient (Wildman–Crippen LogP) is 5.33. The SMILES string of the molecule is O=C(c1ccc(Cc2ccccc2)cc1)c1csc(Br)c1. The largest absolute Gasteiger partial charge is 0.289 e. The van der Waals surface area contributed by atoms with Gasteiger partial charge in [0.15, 0.2) is 5.78 Å². The molecule has 0 fully saturated rings. The maximum absolute atomic E-state index is 12.3. The van der Waals surface area contributed by atoms with Crippen molar-refractivity contribution in [2.24, 2.45) is 0 Å². The van der Waals surface area contributed by atoms with E-state index in [1.54, 1.807) is 0 Å². The molecule has 0 atom stereocenters. The van der Waals surface area contributed by atoms with E-state index in [1.807, 2.05) is 53.9 Å². The number of thiophene rings is 1. The Bertz CT molecular complexity index is 744. The van der Waals surface area contributed by atoms with Crippen molar-refractivity contribution in [2.75, 3.05) is 0 Å². The first-order valence-corrected chi connectivity index (χ1v) is 8.31. The normalized spacial score (nSPS) is 10.5. The first kappa shape index (κ1) is 14.2. The quantitative estimate of drug-likeness (QED) is 0.577. The van der Waals surface area contributed by atoms with E-state index in [1.165, 1.54) is 22.5 Å². The molecule has 0 aliphatic rings. The molecule has 1 aromatic heterocycles. The fourth-order valence-corrected chi connectivity index (χ4v) is 3.34.